The van der Waals surface area contributed by atoms with Gasteiger partial charge in [0.2, 0.25) is 0 Å². The van der Waals surface area contributed by atoms with Crippen LogP contribution in [0.4, 0.5) is 11.5 Å². The molecule has 0 radical (unpaired) electrons. The molecule has 0 saturated heterocycles. The molecule has 0 aliphatic heterocycles. The minimum Gasteiger partial charge on any atom is -0.320 e. The number of nitrogens with one attached hydrogen (secondary N) is 2. The summed E-state index contributed by atoms with van der Waals surface area (Å²) in [4.78, 5) is 34.1. The molecule has 0 fully saturated rings. The number of amides is 2. The van der Waals surface area contributed by atoms with Gasteiger partial charge in [0.25, 0.3) is 11.8 Å². The van der Waals surface area contributed by atoms with Crippen LogP contribution in [0.1, 0.15) is 20.8 Å². The number of nitrogens with zero attached hydrogens (tertiary/aromatic N) is 4. The zero-order valence-corrected chi connectivity index (χ0v) is 19.2. The van der Waals surface area contributed by atoms with Gasteiger partial charge in [-0.1, -0.05) is 35.3 Å². The summed E-state index contributed by atoms with van der Waals surface area (Å²) in [5.74, 6) is -0.329. The maximum absolute atomic E-state index is 13.1. The van der Waals surface area contributed by atoms with Crippen molar-refractivity contribution in [1.29, 1.82) is 0 Å². The average Bonchev–Trinajstić information content (AvgIpc) is 3.17. The first kappa shape index (κ1) is 21.9. The van der Waals surface area contributed by atoms with Gasteiger partial charge in [-0.3, -0.25) is 9.59 Å². The lowest BCUT2D eigenvalue weighted by Crippen LogP contribution is -2.21. The van der Waals surface area contributed by atoms with Crippen molar-refractivity contribution in [2.75, 3.05) is 10.6 Å². The fraction of sp³-hybridized carbons (Fsp3) is 0. The number of carbonyl (C=O) groups excluding carboxylic acids is 2. The number of benzene rings is 1. The maximum Gasteiger partial charge on any atom is 0.274 e. The summed E-state index contributed by atoms with van der Waals surface area (Å²) < 4.78 is 1.74. The first-order valence-corrected chi connectivity index (χ1v) is 10.7. The maximum atomic E-state index is 13.1. The zero-order valence-electron chi connectivity index (χ0n) is 16.1. The summed E-state index contributed by atoms with van der Waals surface area (Å²) in [6.07, 6.45) is 2.97. The Morgan fingerprint density at radius 2 is 1.75 bits per heavy atom. The third-order valence-electron chi connectivity index (χ3n) is 4.24. The van der Waals surface area contributed by atoms with Crippen molar-refractivity contribution >= 4 is 62.5 Å². The number of hydrogen-bond donors (Lipinski definition) is 2. The molecule has 3 aromatic heterocycles. The molecule has 4 aromatic rings. The predicted octanol–water partition coefficient (Wildman–Crippen LogP) is 5.24. The number of halogens is 3. The van der Waals surface area contributed by atoms with E-state index in [1.165, 1.54) is 16.9 Å². The van der Waals surface area contributed by atoms with E-state index in [-0.39, 0.29) is 11.3 Å². The number of aromatic nitrogens is 4. The Morgan fingerprint density at radius 3 is 2.50 bits per heavy atom. The van der Waals surface area contributed by atoms with Crippen molar-refractivity contribution < 1.29 is 9.59 Å². The van der Waals surface area contributed by atoms with Gasteiger partial charge in [0.05, 0.1) is 21.3 Å². The molecule has 0 atom stereocenters. The minimum atomic E-state index is -0.505. The van der Waals surface area contributed by atoms with Crippen LogP contribution < -0.4 is 10.6 Å². The van der Waals surface area contributed by atoms with E-state index < -0.39 is 11.8 Å². The van der Waals surface area contributed by atoms with Gasteiger partial charge in [0, 0.05) is 18.5 Å². The van der Waals surface area contributed by atoms with Gasteiger partial charge in [-0.05, 0) is 52.3 Å². The van der Waals surface area contributed by atoms with Crippen molar-refractivity contribution in [3.8, 4) is 5.82 Å². The molecular formula is C21H13BrCl2N6O2. The summed E-state index contributed by atoms with van der Waals surface area (Å²) in [7, 11) is 0. The van der Waals surface area contributed by atoms with Gasteiger partial charge in [0.1, 0.15) is 16.1 Å². The molecule has 0 saturated carbocycles. The van der Waals surface area contributed by atoms with E-state index in [4.69, 9.17) is 23.2 Å². The van der Waals surface area contributed by atoms with Crippen molar-refractivity contribution in [2.24, 2.45) is 0 Å². The summed E-state index contributed by atoms with van der Waals surface area (Å²) in [6.45, 7) is 0. The molecular weight excluding hydrogens is 519 g/mol. The average molecular weight is 532 g/mol. The van der Waals surface area contributed by atoms with E-state index in [1.54, 1.807) is 54.7 Å². The summed E-state index contributed by atoms with van der Waals surface area (Å²) in [5, 5.41) is 10.5. The van der Waals surface area contributed by atoms with Gasteiger partial charge in [-0.15, -0.1) is 0 Å². The zero-order chi connectivity index (χ0) is 22.7. The van der Waals surface area contributed by atoms with Gasteiger partial charge in [-0.25, -0.2) is 14.6 Å². The topological polar surface area (TPSA) is 102 Å². The van der Waals surface area contributed by atoms with Crippen LogP contribution in [0.25, 0.3) is 5.82 Å². The van der Waals surface area contributed by atoms with E-state index in [9.17, 15) is 9.59 Å². The molecule has 2 N–H and O–H groups in total. The Bertz CT molecular complexity index is 1310. The second kappa shape index (κ2) is 9.47. The highest BCUT2D eigenvalue weighted by atomic mass is 79.9. The Labute approximate surface area is 200 Å². The lowest BCUT2D eigenvalue weighted by molar-refractivity contribution is 0.101. The van der Waals surface area contributed by atoms with Crippen molar-refractivity contribution in [3.05, 3.63) is 92.9 Å². The molecule has 8 nitrogen and oxygen atoms in total. The number of carbonyl (C=O) groups is 2. The van der Waals surface area contributed by atoms with Gasteiger partial charge < -0.3 is 10.6 Å². The molecule has 32 heavy (non-hydrogen) atoms. The minimum absolute atomic E-state index is 0.173. The number of para-hydroxylation sites is 1. The van der Waals surface area contributed by atoms with Crippen molar-refractivity contribution in [1.82, 2.24) is 19.7 Å². The number of anilines is 2. The fourth-order valence-electron chi connectivity index (χ4n) is 2.82. The molecule has 11 heteroatoms. The smallest absolute Gasteiger partial charge is 0.274 e. The summed E-state index contributed by atoms with van der Waals surface area (Å²) in [6, 6.07) is 14.6. The Hall–Kier alpha value is -3.27. The Morgan fingerprint density at radius 1 is 0.938 bits per heavy atom. The lowest BCUT2D eigenvalue weighted by atomic mass is 10.1. The monoisotopic (exact) mass is 530 g/mol. The second-order valence-electron chi connectivity index (χ2n) is 6.39. The van der Waals surface area contributed by atoms with E-state index in [2.05, 4.69) is 41.6 Å². The molecule has 0 bridgehead atoms. The predicted molar refractivity (Wildman–Crippen MR) is 126 cm³/mol. The Balaban J connectivity index is 1.61. The first-order valence-electron chi connectivity index (χ1n) is 9.12. The second-order valence-corrected chi connectivity index (χ2v) is 8.04. The van der Waals surface area contributed by atoms with Gasteiger partial charge >= 0.3 is 0 Å². The van der Waals surface area contributed by atoms with E-state index >= 15 is 0 Å². The largest absolute Gasteiger partial charge is 0.320 e. The summed E-state index contributed by atoms with van der Waals surface area (Å²) in [5.41, 5.74) is 0.727. The van der Waals surface area contributed by atoms with Crippen LogP contribution in [0.3, 0.4) is 0 Å². The highest BCUT2D eigenvalue weighted by molar-refractivity contribution is 9.10. The first-order chi connectivity index (χ1) is 15.4. The Kier molecular flexibility index (Phi) is 6.50. The van der Waals surface area contributed by atoms with Crippen LogP contribution >= 0.6 is 39.1 Å². The third-order valence-corrected chi connectivity index (χ3v) is 5.15. The molecule has 0 aliphatic carbocycles. The molecule has 160 valence electrons. The molecule has 2 amide bonds. The highest BCUT2D eigenvalue weighted by Gasteiger charge is 2.21. The molecule has 0 aliphatic rings. The van der Waals surface area contributed by atoms with Gasteiger partial charge in [0.15, 0.2) is 5.82 Å². The van der Waals surface area contributed by atoms with Crippen LogP contribution in [0, 0.1) is 0 Å². The lowest BCUT2D eigenvalue weighted by Gasteiger charge is -2.12. The van der Waals surface area contributed by atoms with Crippen LogP contribution in [-0.4, -0.2) is 31.6 Å². The van der Waals surface area contributed by atoms with Gasteiger partial charge in [-0.2, -0.15) is 5.10 Å². The SMILES string of the molecule is O=C(Nc1ccc(Cl)cn1)c1ccccc1NC(=O)c1cc(Br)nn1-c1ncccc1Cl. The molecule has 4 rings (SSSR count). The molecule has 0 spiro atoms. The van der Waals surface area contributed by atoms with Crippen LogP contribution in [0.5, 0.6) is 0 Å². The standard InChI is InChI=1S/C21H13BrCl2N6O2/c22-17-10-16(30(29-17)19-14(24)5-3-9-25-19)21(32)27-15-6-2-1-4-13(15)20(31)28-18-8-7-12(23)11-26-18/h1-11H,(H,27,32)(H,26,28,31). The molecule has 1 aromatic carbocycles. The number of pyridine rings is 2. The highest BCUT2D eigenvalue weighted by Crippen LogP contribution is 2.23. The normalized spacial score (nSPS) is 10.6. The fourth-order valence-corrected chi connectivity index (χ4v) is 3.51. The number of rotatable bonds is 5. The third kappa shape index (κ3) is 4.80. The van der Waals surface area contributed by atoms with Crippen LogP contribution in [0.2, 0.25) is 10.0 Å². The van der Waals surface area contributed by atoms with E-state index in [0.717, 1.165) is 0 Å². The quantitative estimate of drug-likeness (QED) is 0.367. The molecule has 0 unspecified atom stereocenters. The number of hydrogen-bond acceptors (Lipinski definition) is 5. The van der Waals surface area contributed by atoms with E-state index in [0.29, 0.717) is 32.0 Å². The molecule has 3 heterocycles. The van der Waals surface area contributed by atoms with Crippen LogP contribution in [-0.2, 0) is 0 Å². The van der Waals surface area contributed by atoms with Crippen molar-refractivity contribution in [3.63, 3.8) is 0 Å². The van der Waals surface area contributed by atoms with E-state index in [1.807, 2.05) is 0 Å². The van der Waals surface area contributed by atoms with Crippen LogP contribution in [0.15, 0.2) is 71.6 Å². The summed E-state index contributed by atoms with van der Waals surface area (Å²) >= 11 is 15.3. The van der Waals surface area contributed by atoms with Crippen molar-refractivity contribution in [2.45, 2.75) is 0 Å².